The van der Waals surface area contributed by atoms with E-state index in [4.69, 9.17) is 14.2 Å². The first-order valence-corrected chi connectivity index (χ1v) is 9.10. The van der Waals surface area contributed by atoms with Crippen LogP contribution in [0.5, 0.6) is 11.5 Å². The van der Waals surface area contributed by atoms with Gasteiger partial charge >= 0.3 is 0 Å². The van der Waals surface area contributed by atoms with Crippen molar-refractivity contribution in [2.75, 3.05) is 19.8 Å². The average Bonchev–Trinajstić information content (AvgIpc) is 3.05. The van der Waals surface area contributed by atoms with E-state index in [0.717, 1.165) is 12.8 Å². The number of sulfonamides is 1. The minimum Gasteiger partial charge on any atom is -0.486 e. The molecule has 0 spiro atoms. The zero-order valence-corrected chi connectivity index (χ0v) is 13.4. The summed E-state index contributed by atoms with van der Waals surface area (Å²) in [6.07, 6.45) is 2.61. The second-order valence-electron chi connectivity index (χ2n) is 5.51. The fourth-order valence-electron chi connectivity index (χ4n) is 2.61. The van der Waals surface area contributed by atoms with Gasteiger partial charge in [-0.1, -0.05) is 0 Å². The van der Waals surface area contributed by atoms with Crippen LogP contribution in [0.2, 0.25) is 0 Å². The normalized spacial score (nSPS) is 20.3. The number of hydrogen-bond acceptors (Lipinski definition) is 6. The molecule has 8 heteroatoms. The second kappa shape index (κ2) is 6.76. The molecule has 1 aromatic rings. The van der Waals surface area contributed by atoms with Crippen LogP contribution in [0.3, 0.4) is 0 Å². The zero-order valence-electron chi connectivity index (χ0n) is 12.6. The Labute approximate surface area is 135 Å². The molecule has 0 bridgehead atoms. The number of amides is 1. The monoisotopic (exact) mass is 341 g/mol. The molecule has 0 radical (unpaired) electrons. The first-order valence-electron chi connectivity index (χ1n) is 7.61. The van der Waals surface area contributed by atoms with Gasteiger partial charge in [-0.2, -0.15) is 0 Å². The fraction of sp³-hybridized carbons (Fsp3) is 0.533. The van der Waals surface area contributed by atoms with E-state index < -0.39 is 15.9 Å². The average molecular weight is 341 g/mol. The Morgan fingerprint density at radius 3 is 2.70 bits per heavy atom. The van der Waals surface area contributed by atoms with Gasteiger partial charge in [-0.05, 0) is 31.4 Å². The molecule has 0 unspecified atom stereocenters. The summed E-state index contributed by atoms with van der Waals surface area (Å²) in [5, 5.41) is 0. The van der Waals surface area contributed by atoms with Gasteiger partial charge in [-0.15, -0.1) is 0 Å². The Balaban J connectivity index is 1.62. The number of fused-ring (bicyclic) bond motifs is 1. The Bertz CT molecular complexity index is 681. The molecule has 2 aliphatic heterocycles. The van der Waals surface area contributed by atoms with Gasteiger partial charge in [0.05, 0.1) is 11.0 Å². The molecule has 0 saturated carbocycles. The Kier molecular flexibility index (Phi) is 4.72. The number of nitrogens with one attached hydrogen (secondary N) is 1. The van der Waals surface area contributed by atoms with E-state index in [0.29, 0.717) is 37.7 Å². The lowest BCUT2D eigenvalue weighted by molar-refractivity contribution is -0.119. The maximum Gasteiger partial charge on any atom is 0.264 e. The minimum absolute atomic E-state index is 0.0211. The van der Waals surface area contributed by atoms with Gasteiger partial charge in [0.15, 0.2) is 11.5 Å². The molecule has 0 aliphatic carbocycles. The van der Waals surface area contributed by atoms with Crippen molar-refractivity contribution in [1.29, 1.82) is 0 Å². The molecule has 3 rings (SSSR count). The summed E-state index contributed by atoms with van der Waals surface area (Å²) in [5.74, 6) is 0.334. The summed E-state index contributed by atoms with van der Waals surface area (Å²) in [4.78, 5) is 11.9. The van der Waals surface area contributed by atoms with Gasteiger partial charge in [-0.3, -0.25) is 4.79 Å². The maximum absolute atomic E-state index is 12.3. The molecule has 7 nitrogen and oxygen atoms in total. The Morgan fingerprint density at radius 1 is 1.17 bits per heavy atom. The highest BCUT2D eigenvalue weighted by molar-refractivity contribution is 7.90. The molecule has 1 atom stereocenters. The van der Waals surface area contributed by atoms with E-state index in [1.807, 2.05) is 0 Å². The lowest BCUT2D eigenvalue weighted by Crippen LogP contribution is -2.31. The van der Waals surface area contributed by atoms with Crippen LogP contribution in [0.25, 0.3) is 0 Å². The van der Waals surface area contributed by atoms with Gasteiger partial charge in [-0.25, -0.2) is 13.1 Å². The second-order valence-corrected chi connectivity index (χ2v) is 7.19. The van der Waals surface area contributed by atoms with Crippen molar-refractivity contribution >= 4 is 15.9 Å². The smallest absolute Gasteiger partial charge is 0.264 e. The van der Waals surface area contributed by atoms with Crippen molar-refractivity contribution in [3.63, 3.8) is 0 Å². The first kappa shape index (κ1) is 16.1. The van der Waals surface area contributed by atoms with Crippen LogP contribution in [-0.2, 0) is 19.6 Å². The summed E-state index contributed by atoms with van der Waals surface area (Å²) < 4.78 is 42.7. The molecule has 1 fully saturated rings. The van der Waals surface area contributed by atoms with Crippen molar-refractivity contribution in [2.45, 2.75) is 36.7 Å². The Morgan fingerprint density at radius 2 is 1.96 bits per heavy atom. The summed E-state index contributed by atoms with van der Waals surface area (Å²) in [6.45, 7) is 1.51. The summed E-state index contributed by atoms with van der Waals surface area (Å²) in [5.41, 5.74) is 0. The largest absolute Gasteiger partial charge is 0.486 e. The molecule has 1 N–H and O–H groups in total. The molecule has 126 valence electrons. The number of carbonyl (C=O) groups is 1. The highest BCUT2D eigenvalue weighted by atomic mass is 32.2. The number of hydrogen-bond donors (Lipinski definition) is 1. The van der Waals surface area contributed by atoms with Gasteiger partial charge in [0.2, 0.25) is 5.91 Å². The predicted molar refractivity (Wildman–Crippen MR) is 81.0 cm³/mol. The molecule has 1 aromatic carbocycles. The molecular weight excluding hydrogens is 322 g/mol. The SMILES string of the molecule is O=C(CC[C@@H]1CCCO1)NS(=O)(=O)c1ccc2c(c1)OCCO2. The Hall–Kier alpha value is -1.80. The quantitative estimate of drug-likeness (QED) is 0.866. The van der Waals surface area contributed by atoms with Crippen LogP contribution in [0, 0.1) is 0 Å². The van der Waals surface area contributed by atoms with Crippen LogP contribution in [-0.4, -0.2) is 40.2 Å². The van der Waals surface area contributed by atoms with Crippen LogP contribution in [0.1, 0.15) is 25.7 Å². The number of ether oxygens (including phenoxy) is 3. The first-order chi connectivity index (χ1) is 11.0. The highest BCUT2D eigenvalue weighted by Crippen LogP contribution is 2.32. The van der Waals surface area contributed by atoms with Crippen molar-refractivity contribution in [3.8, 4) is 11.5 Å². The van der Waals surface area contributed by atoms with Crippen LogP contribution in [0.15, 0.2) is 23.1 Å². The molecule has 23 heavy (non-hydrogen) atoms. The van der Waals surface area contributed by atoms with E-state index in [1.54, 1.807) is 0 Å². The summed E-state index contributed by atoms with van der Waals surface area (Å²) in [6, 6.07) is 4.29. The van der Waals surface area contributed by atoms with E-state index in [-0.39, 0.29) is 17.4 Å². The third-order valence-electron chi connectivity index (χ3n) is 3.79. The summed E-state index contributed by atoms with van der Waals surface area (Å²) >= 11 is 0. The van der Waals surface area contributed by atoms with Crippen molar-refractivity contribution in [3.05, 3.63) is 18.2 Å². The van der Waals surface area contributed by atoms with E-state index in [2.05, 4.69) is 4.72 Å². The molecule has 2 heterocycles. The van der Waals surface area contributed by atoms with Gasteiger partial charge < -0.3 is 14.2 Å². The van der Waals surface area contributed by atoms with Crippen molar-refractivity contribution in [1.82, 2.24) is 4.72 Å². The molecule has 1 amide bonds. The van der Waals surface area contributed by atoms with E-state index >= 15 is 0 Å². The molecule has 2 aliphatic rings. The van der Waals surface area contributed by atoms with Crippen LogP contribution < -0.4 is 14.2 Å². The topological polar surface area (TPSA) is 90.9 Å². The lowest BCUT2D eigenvalue weighted by atomic mass is 10.1. The lowest BCUT2D eigenvalue weighted by Gasteiger charge is -2.19. The molecule has 0 aromatic heterocycles. The number of benzene rings is 1. The predicted octanol–water partition coefficient (Wildman–Crippen LogP) is 1.22. The van der Waals surface area contributed by atoms with Crippen molar-refractivity contribution < 1.29 is 27.4 Å². The zero-order chi connectivity index (χ0) is 16.3. The highest BCUT2D eigenvalue weighted by Gasteiger charge is 2.23. The maximum atomic E-state index is 12.3. The van der Waals surface area contributed by atoms with Gasteiger partial charge in [0.1, 0.15) is 13.2 Å². The van der Waals surface area contributed by atoms with E-state index in [9.17, 15) is 13.2 Å². The van der Waals surface area contributed by atoms with Gasteiger partial charge in [0, 0.05) is 19.1 Å². The standard InChI is InChI=1S/C15H19NO6S/c17-15(6-3-11-2-1-7-20-11)16-23(18,19)12-4-5-13-14(10-12)22-9-8-21-13/h4-5,10-11H,1-3,6-9H2,(H,16,17)/t11-/m0/s1. The van der Waals surface area contributed by atoms with Gasteiger partial charge in [0.25, 0.3) is 10.0 Å². The van der Waals surface area contributed by atoms with E-state index in [1.165, 1.54) is 18.2 Å². The fourth-order valence-corrected chi connectivity index (χ4v) is 3.64. The summed E-state index contributed by atoms with van der Waals surface area (Å²) in [7, 11) is -3.91. The molecular formula is C15H19NO6S. The van der Waals surface area contributed by atoms with Crippen LogP contribution >= 0.6 is 0 Å². The number of rotatable bonds is 5. The molecule has 1 saturated heterocycles. The van der Waals surface area contributed by atoms with Crippen LogP contribution in [0.4, 0.5) is 0 Å². The third-order valence-corrected chi connectivity index (χ3v) is 5.16. The van der Waals surface area contributed by atoms with Crippen molar-refractivity contribution in [2.24, 2.45) is 0 Å². The number of carbonyl (C=O) groups excluding carboxylic acids is 1. The minimum atomic E-state index is -3.91. The third kappa shape index (κ3) is 3.94.